The lowest BCUT2D eigenvalue weighted by atomic mass is 9.91. The Kier molecular flexibility index (Phi) is 6.71. The van der Waals surface area contributed by atoms with Crippen LogP contribution in [0, 0.1) is 19.8 Å². The van der Waals surface area contributed by atoms with Crippen LogP contribution in [-0.2, 0) is 11.3 Å². The summed E-state index contributed by atoms with van der Waals surface area (Å²) in [7, 11) is 2.15. The highest BCUT2D eigenvalue weighted by Crippen LogP contribution is 2.34. The Hall–Kier alpha value is -1.53. The largest absolute Gasteiger partial charge is 0.465 e. The van der Waals surface area contributed by atoms with Gasteiger partial charge in [0.15, 0.2) is 0 Å². The van der Waals surface area contributed by atoms with Crippen molar-refractivity contribution >= 4 is 6.09 Å². The first kappa shape index (κ1) is 21.2. The van der Waals surface area contributed by atoms with Gasteiger partial charge in [-0.1, -0.05) is 13.8 Å². The Morgan fingerprint density at radius 2 is 1.96 bits per heavy atom. The lowest BCUT2D eigenvalue weighted by Crippen LogP contribution is -2.46. The molecule has 6 heteroatoms. The zero-order valence-electron chi connectivity index (χ0n) is 18.3. The molecule has 1 spiro atoms. The Labute approximate surface area is 169 Å². The molecule has 158 valence electrons. The number of ether oxygens (including phenoxy) is 1. The molecule has 1 aromatic heterocycles. The van der Waals surface area contributed by atoms with Crippen molar-refractivity contribution in [1.82, 2.24) is 14.7 Å². The number of hydrogen-bond acceptors (Lipinski definition) is 5. The van der Waals surface area contributed by atoms with E-state index >= 15 is 0 Å². The first-order valence-electron chi connectivity index (χ1n) is 10.7. The van der Waals surface area contributed by atoms with E-state index in [9.17, 15) is 4.79 Å². The van der Waals surface area contributed by atoms with E-state index in [0.717, 1.165) is 76.6 Å². The number of nitrogens with zero attached hydrogens (tertiary/aromatic N) is 3. The minimum Gasteiger partial charge on any atom is -0.465 e. The first-order valence-corrected chi connectivity index (χ1v) is 10.7. The second-order valence-corrected chi connectivity index (χ2v) is 9.21. The van der Waals surface area contributed by atoms with Crippen molar-refractivity contribution < 1.29 is 13.9 Å². The number of hydrogen-bond donors (Lipinski definition) is 0. The average molecular weight is 392 g/mol. The fourth-order valence-corrected chi connectivity index (χ4v) is 4.44. The van der Waals surface area contributed by atoms with Crippen LogP contribution < -0.4 is 0 Å². The fraction of sp³-hybridized carbons (Fsp3) is 0.773. The number of amides is 1. The van der Waals surface area contributed by atoms with Gasteiger partial charge in [-0.2, -0.15) is 0 Å². The van der Waals surface area contributed by atoms with E-state index < -0.39 is 0 Å². The van der Waals surface area contributed by atoms with E-state index in [1.54, 1.807) is 0 Å². The van der Waals surface area contributed by atoms with Crippen LogP contribution in [-0.4, -0.2) is 72.7 Å². The van der Waals surface area contributed by atoms with Gasteiger partial charge in [0.05, 0.1) is 13.1 Å². The van der Waals surface area contributed by atoms with E-state index in [4.69, 9.17) is 9.15 Å². The van der Waals surface area contributed by atoms with Gasteiger partial charge in [-0.25, -0.2) is 4.79 Å². The van der Waals surface area contributed by atoms with Crippen LogP contribution >= 0.6 is 0 Å². The summed E-state index contributed by atoms with van der Waals surface area (Å²) >= 11 is 0. The maximum atomic E-state index is 12.4. The van der Waals surface area contributed by atoms with Gasteiger partial charge in [0.25, 0.3) is 0 Å². The van der Waals surface area contributed by atoms with E-state index in [1.165, 1.54) is 5.56 Å². The quantitative estimate of drug-likeness (QED) is 0.677. The maximum absolute atomic E-state index is 12.4. The third kappa shape index (κ3) is 5.29. The Morgan fingerprint density at radius 3 is 2.57 bits per heavy atom. The van der Waals surface area contributed by atoms with Gasteiger partial charge in [-0.05, 0) is 51.4 Å². The topological polar surface area (TPSA) is 49.2 Å². The average Bonchev–Trinajstić information content (AvgIpc) is 3.08. The minimum absolute atomic E-state index is 0.128. The molecule has 28 heavy (non-hydrogen) atoms. The van der Waals surface area contributed by atoms with Crippen LogP contribution in [0.2, 0.25) is 0 Å². The molecule has 1 aromatic rings. The highest BCUT2D eigenvalue weighted by molar-refractivity contribution is 5.70. The van der Waals surface area contributed by atoms with E-state index in [-0.39, 0.29) is 11.7 Å². The van der Waals surface area contributed by atoms with Crippen molar-refractivity contribution in [2.45, 2.75) is 59.1 Å². The van der Waals surface area contributed by atoms with E-state index in [0.29, 0.717) is 5.92 Å². The molecular formula is C22H37N3O3. The molecule has 3 heterocycles. The number of carbonyl (C=O) groups is 1. The molecule has 2 aliphatic heterocycles. The fourth-order valence-electron chi connectivity index (χ4n) is 4.44. The van der Waals surface area contributed by atoms with Gasteiger partial charge in [0.2, 0.25) is 0 Å². The normalized spacial score (nSPS) is 20.0. The molecule has 0 aliphatic carbocycles. The summed E-state index contributed by atoms with van der Waals surface area (Å²) in [6.07, 6.45) is 2.68. The van der Waals surface area contributed by atoms with Crippen LogP contribution in [0.3, 0.4) is 0 Å². The molecule has 1 amide bonds. The monoisotopic (exact) mass is 391 g/mol. The third-order valence-electron chi connectivity index (χ3n) is 6.05. The molecule has 0 unspecified atom stereocenters. The summed E-state index contributed by atoms with van der Waals surface area (Å²) in [5, 5.41) is 0. The van der Waals surface area contributed by atoms with E-state index in [2.05, 4.69) is 43.7 Å². The third-order valence-corrected chi connectivity index (χ3v) is 6.05. The van der Waals surface area contributed by atoms with Crippen LogP contribution in [0.1, 0.15) is 50.2 Å². The van der Waals surface area contributed by atoms with Gasteiger partial charge < -0.3 is 19.0 Å². The minimum atomic E-state index is -0.285. The zero-order valence-corrected chi connectivity index (χ0v) is 18.3. The molecule has 0 bridgehead atoms. The van der Waals surface area contributed by atoms with Crippen LogP contribution in [0.5, 0.6) is 0 Å². The van der Waals surface area contributed by atoms with Gasteiger partial charge in [-0.3, -0.25) is 4.90 Å². The molecule has 3 rings (SSSR count). The molecule has 2 saturated heterocycles. The molecule has 0 saturated carbocycles. The first-order chi connectivity index (χ1) is 13.3. The summed E-state index contributed by atoms with van der Waals surface area (Å²) in [5.74, 6) is 2.70. The predicted molar refractivity (Wildman–Crippen MR) is 110 cm³/mol. The maximum Gasteiger partial charge on any atom is 0.410 e. The molecular weight excluding hydrogens is 354 g/mol. The van der Waals surface area contributed by atoms with Crippen molar-refractivity contribution in [2.75, 3.05) is 46.3 Å². The van der Waals surface area contributed by atoms with Crippen LogP contribution in [0.25, 0.3) is 0 Å². The van der Waals surface area contributed by atoms with Crippen molar-refractivity contribution in [2.24, 2.45) is 5.92 Å². The Morgan fingerprint density at radius 1 is 1.25 bits per heavy atom. The highest BCUT2D eigenvalue weighted by atomic mass is 16.6. The molecule has 0 aromatic carbocycles. The number of carbonyl (C=O) groups excluding carboxylic acids is 1. The molecule has 0 atom stereocenters. The second kappa shape index (κ2) is 8.87. The second-order valence-electron chi connectivity index (χ2n) is 9.21. The van der Waals surface area contributed by atoms with Crippen molar-refractivity contribution in [3.05, 3.63) is 23.2 Å². The summed E-state index contributed by atoms with van der Waals surface area (Å²) < 4.78 is 11.7. The van der Waals surface area contributed by atoms with Crippen LogP contribution in [0.15, 0.2) is 10.5 Å². The smallest absolute Gasteiger partial charge is 0.410 e. The summed E-state index contributed by atoms with van der Waals surface area (Å²) in [6, 6.07) is 2.13. The van der Waals surface area contributed by atoms with Crippen molar-refractivity contribution in [1.29, 1.82) is 0 Å². The molecule has 2 aliphatic rings. The molecule has 6 nitrogen and oxygen atoms in total. The summed E-state index contributed by atoms with van der Waals surface area (Å²) in [5.41, 5.74) is 0.926. The van der Waals surface area contributed by atoms with Gasteiger partial charge in [0.1, 0.15) is 17.1 Å². The summed E-state index contributed by atoms with van der Waals surface area (Å²) in [4.78, 5) is 19.0. The molecule has 0 radical (unpaired) electrons. The SMILES string of the molecule is Cc1cc(CN2CCC3(CC2)CN(CCCN(C)CC(C)C)C(=O)O3)oc1C. The van der Waals surface area contributed by atoms with Gasteiger partial charge in [-0.15, -0.1) is 0 Å². The predicted octanol–water partition coefficient (Wildman–Crippen LogP) is 3.66. The molecule has 2 fully saturated rings. The van der Waals surface area contributed by atoms with Crippen LogP contribution in [0.4, 0.5) is 4.79 Å². The van der Waals surface area contributed by atoms with Gasteiger partial charge in [0, 0.05) is 39.0 Å². The van der Waals surface area contributed by atoms with E-state index in [1.807, 2.05) is 11.8 Å². The number of aryl methyl sites for hydroxylation is 2. The number of piperidine rings is 1. The van der Waals surface area contributed by atoms with Crippen molar-refractivity contribution in [3.8, 4) is 0 Å². The number of likely N-dealkylation sites (tertiary alicyclic amines) is 1. The summed E-state index contributed by atoms with van der Waals surface area (Å²) in [6.45, 7) is 14.9. The molecule has 0 N–H and O–H groups in total. The lowest BCUT2D eigenvalue weighted by molar-refractivity contribution is -0.00266. The number of rotatable bonds is 8. The lowest BCUT2D eigenvalue weighted by Gasteiger charge is -2.37. The standard InChI is InChI=1S/C22H37N3O3/c1-17(2)14-23(5)9-6-10-25-16-22(28-21(25)26)7-11-24(12-8-22)15-20-13-18(3)19(4)27-20/h13,17H,6-12,14-16H2,1-5H3. The Bertz CT molecular complexity index is 642. The Balaban J connectivity index is 1.43. The van der Waals surface area contributed by atoms with Gasteiger partial charge >= 0.3 is 6.09 Å². The highest BCUT2D eigenvalue weighted by Gasteiger charge is 2.46. The number of furan rings is 1. The van der Waals surface area contributed by atoms with Crippen molar-refractivity contribution in [3.63, 3.8) is 0 Å². The zero-order chi connectivity index (χ0) is 20.3.